The van der Waals surface area contributed by atoms with E-state index in [0.29, 0.717) is 12.4 Å². The lowest BCUT2D eigenvalue weighted by Gasteiger charge is -2.37. The minimum Gasteiger partial charge on any atom is -0.497 e. The van der Waals surface area contributed by atoms with Crippen molar-refractivity contribution in [3.8, 4) is 5.75 Å². The van der Waals surface area contributed by atoms with Crippen LogP contribution in [0.5, 0.6) is 5.75 Å². The fourth-order valence-electron chi connectivity index (χ4n) is 5.07. The summed E-state index contributed by atoms with van der Waals surface area (Å²) in [6.07, 6.45) is -0.949. The number of aryl methyl sites for hydroxylation is 1. The van der Waals surface area contributed by atoms with Crippen LogP contribution in [0.1, 0.15) is 27.8 Å². The first kappa shape index (κ1) is 31.2. The SMILES string of the molecule is COc1ccc(C(OC[C@H](COCc2ccccc2)OS(=O)(=O)c2ccc(C)cc2)(c2ccccc2)c2ccccc2)cc1. The third-order valence-electron chi connectivity index (χ3n) is 7.33. The Kier molecular flexibility index (Phi) is 10.2. The fourth-order valence-corrected chi connectivity index (χ4v) is 6.12. The molecule has 5 rings (SSSR count). The van der Waals surface area contributed by atoms with Crippen LogP contribution in [0.3, 0.4) is 0 Å². The maximum absolute atomic E-state index is 13.4. The van der Waals surface area contributed by atoms with Crippen LogP contribution in [-0.4, -0.2) is 34.8 Å². The molecule has 7 heteroatoms. The van der Waals surface area contributed by atoms with Gasteiger partial charge in [-0.15, -0.1) is 0 Å². The predicted molar refractivity (Wildman–Crippen MR) is 171 cm³/mol. The van der Waals surface area contributed by atoms with Gasteiger partial charge in [0, 0.05) is 0 Å². The van der Waals surface area contributed by atoms with E-state index in [4.69, 9.17) is 18.4 Å². The van der Waals surface area contributed by atoms with Crippen molar-refractivity contribution >= 4 is 10.1 Å². The van der Waals surface area contributed by atoms with Gasteiger partial charge < -0.3 is 14.2 Å². The number of ether oxygens (including phenoxy) is 3. The number of methoxy groups -OCH3 is 1. The highest BCUT2D eigenvalue weighted by atomic mass is 32.2. The Bertz CT molecular complexity index is 1650. The molecule has 0 radical (unpaired) electrons. The maximum Gasteiger partial charge on any atom is 0.297 e. The summed E-state index contributed by atoms with van der Waals surface area (Å²) < 4.78 is 51.1. The van der Waals surface area contributed by atoms with Crippen LogP contribution in [0.4, 0.5) is 0 Å². The molecular weight excluding hydrogens is 572 g/mol. The van der Waals surface area contributed by atoms with E-state index in [1.165, 1.54) is 0 Å². The largest absolute Gasteiger partial charge is 0.497 e. The zero-order chi connectivity index (χ0) is 30.8. The molecule has 0 fully saturated rings. The molecule has 0 spiro atoms. The normalized spacial score (nSPS) is 12.5. The second-order valence-corrected chi connectivity index (χ2v) is 12.0. The van der Waals surface area contributed by atoms with E-state index < -0.39 is 21.8 Å². The molecule has 0 amide bonds. The summed E-state index contributed by atoms with van der Waals surface area (Å²) in [5, 5.41) is 0. The van der Waals surface area contributed by atoms with Gasteiger partial charge in [0.2, 0.25) is 0 Å². The van der Waals surface area contributed by atoms with Gasteiger partial charge in [0.15, 0.2) is 0 Å². The molecule has 0 saturated carbocycles. The number of rotatable bonds is 14. The minimum absolute atomic E-state index is 0.0116. The molecule has 0 aliphatic carbocycles. The average Bonchev–Trinajstić information content (AvgIpc) is 3.07. The first-order valence-corrected chi connectivity index (χ1v) is 15.8. The molecular formula is C37H36O6S. The van der Waals surface area contributed by atoms with Crippen molar-refractivity contribution in [1.29, 1.82) is 0 Å². The van der Waals surface area contributed by atoms with Gasteiger partial charge in [0.1, 0.15) is 17.5 Å². The van der Waals surface area contributed by atoms with Gasteiger partial charge in [-0.1, -0.05) is 121 Å². The first-order chi connectivity index (χ1) is 21.4. The van der Waals surface area contributed by atoms with Crippen molar-refractivity contribution in [2.45, 2.75) is 30.1 Å². The highest BCUT2D eigenvalue weighted by molar-refractivity contribution is 7.86. The van der Waals surface area contributed by atoms with Crippen molar-refractivity contribution in [3.63, 3.8) is 0 Å². The van der Waals surface area contributed by atoms with Gasteiger partial charge >= 0.3 is 0 Å². The summed E-state index contributed by atoms with van der Waals surface area (Å²) in [7, 11) is -2.49. The molecule has 44 heavy (non-hydrogen) atoms. The lowest BCUT2D eigenvalue weighted by molar-refractivity contribution is -0.0556. The Morgan fingerprint density at radius 1 is 0.636 bits per heavy atom. The topological polar surface area (TPSA) is 71.1 Å². The molecule has 5 aromatic carbocycles. The Labute approximate surface area is 260 Å². The smallest absolute Gasteiger partial charge is 0.297 e. The molecule has 0 unspecified atom stereocenters. The lowest BCUT2D eigenvalue weighted by Crippen LogP contribution is -2.38. The second kappa shape index (κ2) is 14.5. The van der Waals surface area contributed by atoms with Gasteiger partial charge in [-0.2, -0.15) is 8.42 Å². The van der Waals surface area contributed by atoms with Crippen LogP contribution < -0.4 is 4.74 Å². The number of benzene rings is 5. The molecule has 0 saturated heterocycles. The van der Waals surface area contributed by atoms with E-state index in [1.54, 1.807) is 31.4 Å². The molecule has 0 aromatic heterocycles. The summed E-state index contributed by atoms with van der Waals surface area (Å²) in [4.78, 5) is 0.0729. The van der Waals surface area contributed by atoms with E-state index in [9.17, 15) is 8.42 Å². The van der Waals surface area contributed by atoms with E-state index in [1.807, 2.05) is 122 Å². The lowest BCUT2D eigenvalue weighted by atomic mass is 9.80. The quantitative estimate of drug-likeness (QED) is 0.0973. The average molecular weight is 609 g/mol. The fraction of sp³-hybridized carbons (Fsp3) is 0.189. The summed E-state index contributed by atoms with van der Waals surface area (Å²) in [6.45, 7) is 2.10. The van der Waals surface area contributed by atoms with Crippen LogP contribution in [0, 0.1) is 6.92 Å². The van der Waals surface area contributed by atoms with Gasteiger partial charge in [-0.3, -0.25) is 4.18 Å². The summed E-state index contributed by atoms with van der Waals surface area (Å²) >= 11 is 0. The number of hydrogen-bond acceptors (Lipinski definition) is 6. The molecule has 226 valence electrons. The third kappa shape index (κ3) is 7.44. The summed E-state index contributed by atoms with van der Waals surface area (Å²) in [5.41, 5.74) is 3.42. The van der Waals surface area contributed by atoms with Gasteiger partial charge in [-0.25, -0.2) is 0 Å². The molecule has 0 N–H and O–H groups in total. The minimum atomic E-state index is -4.12. The Morgan fingerprint density at radius 2 is 1.16 bits per heavy atom. The first-order valence-electron chi connectivity index (χ1n) is 14.4. The molecule has 0 bridgehead atoms. The van der Waals surface area contributed by atoms with Crippen LogP contribution in [0.15, 0.2) is 144 Å². The van der Waals surface area contributed by atoms with E-state index >= 15 is 0 Å². The van der Waals surface area contributed by atoms with Gasteiger partial charge in [0.05, 0.1) is 31.8 Å². The van der Waals surface area contributed by atoms with Crippen molar-refractivity contribution in [3.05, 3.63) is 167 Å². The molecule has 0 heterocycles. The Balaban J connectivity index is 1.52. The maximum atomic E-state index is 13.4. The third-order valence-corrected chi connectivity index (χ3v) is 8.71. The summed E-state index contributed by atoms with van der Waals surface area (Å²) in [5.74, 6) is 0.712. The molecule has 1 atom stereocenters. The highest BCUT2D eigenvalue weighted by Crippen LogP contribution is 2.41. The second-order valence-electron chi connectivity index (χ2n) is 10.4. The van der Waals surface area contributed by atoms with Crippen LogP contribution in [0.25, 0.3) is 0 Å². The molecule has 5 aromatic rings. The highest BCUT2D eigenvalue weighted by Gasteiger charge is 2.39. The summed E-state index contributed by atoms with van der Waals surface area (Å²) in [6, 6.07) is 43.7. The standard InChI is InChI=1S/C37H36O6S/c1-29-18-24-36(25-19-29)44(38,39)43-35(27-41-26-30-12-6-3-7-13-30)28-42-37(31-14-8-4-9-15-31,32-16-10-5-11-17-32)33-20-22-34(40-2)23-21-33/h3-25,35H,26-28H2,1-2H3/t35-/m0/s1. The van der Waals surface area contributed by atoms with Gasteiger partial charge in [0.25, 0.3) is 10.1 Å². The van der Waals surface area contributed by atoms with Crippen molar-refractivity contribution in [2.24, 2.45) is 0 Å². The monoisotopic (exact) mass is 608 g/mol. The zero-order valence-electron chi connectivity index (χ0n) is 24.8. The zero-order valence-corrected chi connectivity index (χ0v) is 25.7. The van der Waals surface area contributed by atoms with E-state index in [2.05, 4.69) is 0 Å². The van der Waals surface area contributed by atoms with Crippen LogP contribution >= 0.6 is 0 Å². The van der Waals surface area contributed by atoms with E-state index in [-0.39, 0.29) is 18.1 Å². The van der Waals surface area contributed by atoms with Crippen molar-refractivity contribution in [1.82, 2.24) is 0 Å². The Morgan fingerprint density at radius 3 is 1.70 bits per heavy atom. The Hall–Kier alpha value is -4.27. The van der Waals surface area contributed by atoms with Crippen LogP contribution in [-0.2, 0) is 36.0 Å². The molecule has 6 nitrogen and oxygen atoms in total. The number of hydrogen-bond donors (Lipinski definition) is 0. The molecule has 0 aliphatic rings. The predicted octanol–water partition coefficient (Wildman–Crippen LogP) is 7.30. The van der Waals surface area contributed by atoms with Crippen LogP contribution in [0.2, 0.25) is 0 Å². The van der Waals surface area contributed by atoms with Gasteiger partial charge in [-0.05, 0) is 53.4 Å². The molecule has 0 aliphatic heterocycles. The van der Waals surface area contributed by atoms with Crippen molar-refractivity contribution < 1.29 is 26.8 Å². The van der Waals surface area contributed by atoms with Crippen molar-refractivity contribution in [2.75, 3.05) is 20.3 Å². The van der Waals surface area contributed by atoms with E-state index in [0.717, 1.165) is 27.8 Å².